The van der Waals surface area contributed by atoms with Crippen molar-refractivity contribution in [3.63, 3.8) is 0 Å². The lowest BCUT2D eigenvalue weighted by atomic mass is 10.1. The molecule has 4 nitrogen and oxygen atoms in total. The first-order valence-electron chi connectivity index (χ1n) is 3.51. The van der Waals surface area contributed by atoms with Crippen molar-refractivity contribution in [2.45, 2.75) is 18.8 Å². The highest BCUT2D eigenvalue weighted by molar-refractivity contribution is 5.61. The van der Waals surface area contributed by atoms with Gasteiger partial charge in [-0.25, -0.2) is 13.6 Å². The SMILES string of the molecule is FC1(F)CCCNC1.NC(=O)O. The van der Waals surface area contributed by atoms with Gasteiger partial charge in [-0.2, -0.15) is 0 Å². The summed E-state index contributed by atoms with van der Waals surface area (Å²) in [6.07, 6.45) is -0.674. The summed E-state index contributed by atoms with van der Waals surface area (Å²) in [5, 5.41) is 9.82. The van der Waals surface area contributed by atoms with Crippen LogP contribution in [-0.2, 0) is 0 Å². The number of carbonyl (C=O) groups is 1. The van der Waals surface area contributed by atoms with Crippen molar-refractivity contribution < 1.29 is 18.7 Å². The maximum Gasteiger partial charge on any atom is 0.402 e. The summed E-state index contributed by atoms with van der Waals surface area (Å²) in [6, 6.07) is 0. The van der Waals surface area contributed by atoms with Crippen molar-refractivity contribution in [2.24, 2.45) is 5.73 Å². The van der Waals surface area contributed by atoms with E-state index in [2.05, 4.69) is 11.1 Å². The van der Waals surface area contributed by atoms with Crippen molar-refractivity contribution in [1.82, 2.24) is 5.32 Å². The maximum atomic E-state index is 12.1. The fraction of sp³-hybridized carbons (Fsp3) is 0.833. The number of hydrogen-bond donors (Lipinski definition) is 3. The Kier molecular flexibility index (Phi) is 4.50. The Morgan fingerprint density at radius 2 is 2.08 bits per heavy atom. The zero-order chi connectivity index (χ0) is 9.61. The molecule has 0 unspecified atom stereocenters. The van der Waals surface area contributed by atoms with Crippen LogP contribution < -0.4 is 11.1 Å². The lowest BCUT2D eigenvalue weighted by Gasteiger charge is -2.21. The number of amides is 1. The molecule has 1 amide bonds. The molecule has 0 atom stereocenters. The lowest BCUT2D eigenvalue weighted by molar-refractivity contribution is -0.0208. The van der Waals surface area contributed by atoms with E-state index in [9.17, 15) is 8.78 Å². The van der Waals surface area contributed by atoms with E-state index in [-0.39, 0.29) is 13.0 Å². The van der Waals surface area contributed by atoms with Crippen LogP contribution in [0.2, 0.25) is 0 Å². The van der Waals surface area contributed by atoms with Crippen LogP contribution in [0.1, 0.15) is 12.8 Å². The van der Waals surface area contributed by atoms with Gasteiger partial charge in [0.1, 0.15) is 0 Å². The van der Waals surface area contributed by atoms with E-state index in [1.54, 1.807) is 0 Å². The minimum atomic E-state index is -2.43. The largest absolute Gasteiger partial charge is 0.465 e. The molecule has 1 rings (SSSR count). The molecule has 12 heavy (non-hydrogen) atoms. The molecule has 1 heterocycles. The Hall–Kier alpha value is -0.910. The minimum Gasteiger partial charge on any atom is -0.465 e. The molecule has 0 bridgehead atoms. The number of carboxylic acid groups (broad SMARTS) is 1. The van der Waals surface area contributed by atoms with Crippen molar-refractivity contribution in [1.29, 1.82) is 0 Å². The number of primary amides is 1. The molecule has 1 saturated heterocycles. The second-order valence-corrected chi connectivity index (χ2v) is 2.47. The molecule has 0 radical (unpaired) electrons. The third-order valence-corrected chi connectivity index (χ3v) is 1.28. The quantitative estimate of drug-likeness (QED) is 0.514. The van der Waals surface area contributed by atoms with Crippen LogP contribution in [0.25, 0.3) is 0 Å². The second kappa shape index (κ2) is 4.87. The maximum absolute atomic E-state index is 12.1. The van der Waals surface area contributed by atoms with Gasteiger partial charge in [0.05, 0.1) is 6.54 Å². The van der Waals surface area contributed by atoms with Gasteiger partial charge in [0, 0.05) is 6.42 Å². The standard InChI is InChI=1S/C5H9F2N.CH3NO2/c6-5(7)2-1-3-8-4-5;2-1(3)4/h8H,1-4H2;2H2,(H,3,4). The fourth-order valence-electron chi connectivity index (χ4n) is 0.832. The Morgan fingerprint density at radius 3 is 2.25 bits per heavy atom. The smallest absolute Gasteiger partial charge is 0.402 e. The van der Waals surface area contributed by atoms with Gasteiger partial charge in [-0.3, -0.25) is 0 Å². The molecule has 0 aromatic rings. The molecule has 0 aliphatic carbocycles. The molecule has 0 aromatic carbocycles. The van der Waals surface area contributed by atoms with Crippen molar-refractivity contribution in [3.8, 4) is 0 Å². The lowest BCUT2D eigenvalue weighted by Crippen LogP contribution is -2.38. The molecular weight excluding hydrogens is 170 g/mol. The van der Waals surface area contributed by atoms with E-state index in [0.717, 1.165) is 6.54 Å². The Morgan fingerprint density at radius 1 is 1.58 bits per heavy atom. The highest BCUT2D eigenvalue weighted by atomic mass is 19.3. The van der Waals surface area contributed by atoms with Crippen LogP contribution in [0.5, 0.6) is 0 Å². The summed E-state index contributed by atoms with van der Waals surface area (Å²) in [4.78, 5) is 8.78. The van der Waals surface area contributed by atoms with E-state index in [0.29, 0.717) is 6.42 Å². The van der Waals surface area contributed by atoms with Gasteiger partial charge < -0.3 is 16.2 Å². The molecule has 0 spiro atoms. The fourth-order valence-corrected chi connectivity index (χ4v) is 0.832. The second-order valence-electron chi connectivity index (χ2n) is 2.47. The topological polar surface area (TPSA) is 75.3 Å². The van der Waals surface area contributed by atoms with E-state index in [4.69, 9.17) is 9.90 Å². The van der Waals surface area contributed by atoms with Crippen molar-refractivity contribution in [2.75, 3.05) is 13.1 Å². The summed E-state index contributed by atoms with van der Waals surface area (Å²) >= 11 is 0. The van der Waals surface area contributed by atoms with E-state index >= 15 is 0 Å². The van der Waals surface area contributed by atoms with Crippen LogP contribution in [0.15, 0.2) is 0 Å². The molecule has 1 aliphatic heterocycles. The average molecular weight is 182 g/mol. The van der Waals surface area contributed by atoms with Gasteiger partial charge in [-0.05, 0) is 13.0 Å². The molecular formula is C6H12F2N2O2. The van der Waals surface area contributed by atoms with Gasteiger partial charge in [0.25, 0.3) is 5.92 Å². The van der Waals surface area contributed by atoms with Gasteiger partial charge in [0.2, 0.25) is 0 Å². The summed E-state index contributed by atoms with van der Waals surface area (Å²) in [5.41, 5.74) is 4.03. The van der Waals surface area contributed by atoms with E-state index in [1.165, 1.54) is 0 Å². The number of hydrogen-bond acceptors (Lipinski definition) is 2. The molecule has 1 fully saturated rings. The molecule has 4 N–H and O–H groups in total. The third-order valence-electron chi connectivity index (χ3n) is 1.28. The molecule has 6 heteroatoms. The summed E-state index contributed by atoms with van der Waals surface area (Å²) in [7, 11) is 0. The predicted octanol–water partition coefficient (Wildman–Crippen LogP) is 0.628. The Bertz CT molecular complexity index is 140. The van der Waals surface area contributed by atoms with Gasteiger partial charge in [0.15, 0.2) is 0 Å². The summed E-state index contributed by atoms with van der Waals surface area (Å²) in [6.45, 7) is 0.614. The number of halogens is 2. The summed E-state index contributed by atoms with van der Waals surface area (Å²) in [5.74, 6) is -2.43. The van der Waals surface area contributed by atoms with Crippen LogP contribution in [0.4, 0.5) is 13.6 Å². The van der Waals surface area contributed by atoms with Crippen molar-refractivity contribution in [3.05, 3.63) is 0 Å². The number of rotatable bonds is 0. The normalized spacial score (nSPS) is 20.5. The molecule has 0 aromatic heterocycles. The predicted molar refractivity (Wildman–Crippen MR) is 39.3 cm³/mol. The van der Waals surface area contributed by atoms with Crippen LogP contribution >= 0.6 is 0 Å². The van der Waals surface area contributed by atoms with E-state index in [1.807, 2.05) is 0 Å². The number of nitrogens with two attached hydrogens (primary N) is 1. The van der Waals surface area contributed by atoms with Crippen molar-refractivity contribution >= 4 is 6.09 Å². The zero-order valence-electron chi connectivity index (χ0n) is 6.52. The molecule has 72 valence electrons. The summed E-state index contributed by atoms with van der Waals surface area (Å²) < 4.78 is 24.3. The molecule has 1 aliphatic rings. The molecule has 0 saturated carbocycles. The minimum absolute atomic E-state index is 0.0556. The highest BCUT2D eigenvalue weighted by Gasteiger charge is 2.30. The first kappa shape index (κ1) is 11.1. The Balaban J connectivity index is 0.000000261. The first-order chi connectivity index (χ1) is 5.44. The van der Waals surface area contributed by atoms with Crippen LogP contribution in [0, 0.1) is 0 Å². The average Bonchev–Trinajstić information content (AvgIpc) is 1.85. The monoisotopic (exact) mass is 182 g/mol. The number of nitrogens with one attached hydrogen (secondary N) is 1. The Labute approximate surface area is 68.7 Å². The number of piperidine rings is 1. The number of alkyl halides is 2. The first-order valence-corrected chi connectivity index (χ1v) is 3.51. The van der Waals surface area contributed by atoms with Crippen LogP contribution in [0.3, 0.4) is 0 Å². The zero-order valence-corrected chi connectivity index (χ0v) is 6.52. The van der Waals surface area contributed by atoms with Gasteiger partial charge in [-0.15, -0.1) is 0 Å². The van der Waals surface area contributed by atoms with E-state index < -0.39 is 12.0 Å². The highest BCUT2D eigenvalue weighted by Crippen LogP contribution is 2.21. The van der Waals surface area contributed by atoms with Crippen LogP contribution in [-0.4, -0.2) is 30.2 Å². The van der Waals surface area contributed by atoms with Gasteiger partial charge >= 0.3 is 6.09 Å². The van der Waals surface area contributed by atoms with Gasteiger partial charge in [-0.1, -0.05) is 0 Å². The third kappa shape index (κ3) is 7.20.